The smallest absolute Gasteiger partial charge is 0.314 e. The molecule has 0 radical (unpaired) electrons. The van der Waals surface area contributed by atoms with Crippen LogP contribution >= 0.6 is 11.6 Å². The molecule has 2 unspecified atom stereocenters. The summed E-state index contributed by atoms with van der Waals surface area (Å²) in [6, 6.07) is 4.50. The molecule has 1 aromatic rings. The van der Waals surface area contributed by atoms with Crippen molar-refractivity contribution in [2.24, 2.45) is 5.92 Å². The van der Waals surface area contributed by atoms with Gasteiger partial charge < -0.3 is 5.11 Å². The molecule has 2 nitrogen and oxygen atoms in total. The van der Waals surface area contributed by atoms with Crippen molar-refractivity contribution in [3.05, 3.63) is 34.6 Å². The number of aliphatic carboxylic acids is 1. The number of rotatable bonds is 2. The highest BCUT2D eigenvalue weighted by Gasteiger charge is 2.60. The minimum Gasteiger partial charge on any atom is -0.481 e. The number of halogens is 2. The largest absolute Gasteiger partial charge is 0.481 e. The van der Waals surface area contributed by atoms with Gasteiger partial charge in [-0.15, -0.1) is 0 Å². The van der Waals surface area contributed by atoms with E-state index in [0.29, 0.717) is 6.42 Å². The molecule has 1 aromatic carbocycles. The van der Waals surface area contributed by atoms with Crippen molar-refractivity contribution in [3.8, 4) is 0 Å². The second-order valence-electron chi connectivity index (χ2n) is 3.98. The summed E-state index contributed by atoms with van der Waals surface area (Å²) < 4.78 is 13.7. The Morgan fingerprint density at radius 2 is 2.27 bits per heavy atom. The molecule has 0 bridgehead atoms. The van der Waals surface area contributed by atoms with E-state index in [9.17, 15) is 9.18 Å². The van der Waals surface area contributed by atoms with Crippen molar-refractivity contribution < 1.29 is 14.3 Å². The maximum absolute atomic E-state index is 13.7. The first-order valence-corrected chi connectivity index (χ1v) is 5.06. The second kappa shape index (κ2) is 3.20. The lowest BCUT2D eigenvalue weighted by atomic mass is 9.93. The molecule has 4 heteroatoms. The Morgan fingerprint density at radius 1 is 1.67 bits per heavy atom. The van der Waals surface area contributed by atoms with E-state index in [4.69, 9.17) is 16.7 Å². The van der Waals surface area contributed by atoms with Gasteiger partial charge in [0.1, 0.15) is 5.82 Å². The van der Waals surface area contributed by atoms with E-state index >= 15 is 0 Å². The average Bonchev–Trinajstić information content (AvgIpc) is 2.83. The van der Waals surface area contributed by atoms with Crippen LogP contribution in [-0.2, 0) is 10.2 Å². The first kappa shape index (κ1) is 10.4. The van der Waals surface area contributed by atoms with E-state index in [1.165, 1.54) is 12.1 Å². The van der Waals surface area contributed by atoms with E-state index < -0.39 is 17.2 Å². The number of hydrogen-bond acceptors (Lipinski definition) is 1. The summed E-state index contributed by atoms with van der Waals surface area (Å²) in [5, 5.41) is 9.11. The van der Waals surface area contributed by atoms with Gasteiger partial charge in [0, 0.05) is 5.56 Å². The van der Waals surface area contributed by atoms with Gasteiger partial charge in [0.15, 0.2) is 0 Å². The summed E-state index contributed by atoms with van der Waals surface area (Å²) in [6.07, 6.45) is 0.472. The van der Waals surface area contributed by atoms with E-state index in [1.54, 1.807) is 13.0 Å². The Morgan fingerprint density at radius 3 is 2.73 bits per heavy atom. The van der Waals surface area contributed by atoms with Crippen molar-refractivity contribution in [2.45, 2.75) is 18.8 Å². The molecule has 0 aliphatic heterocycles. The third-order valence-corrected chi connectivity index (χ3v) is 3.42. The highest BCUT2D eigenvalue weighted by Crippen LogP contribution is 2.55. The number of carbonyl (C=O) groups is 1. The summed E-state index contributed by atoms with van der Waals surface area (Å²) in [6.45, 7) is 1.80. The van der Waals surface area contributed by atoms with Gasteiger partial charge >= 0.3 is 5.97 Å². The van der Waals surface area contributed by atoms with Crippen LogP contribution in [0.25, 0.3) is 0 Å². The fourth-order valence-corrected chi connectivity index (χ4v) is 2.24. The molecule has 1 fully saturated rings. The summed E-state index contributed by atoms with van der Waals surface area (Å²) in [4.78, 5) is 11.1. The summed E-state index contributed by atoms with van der Waals surface area (Å²) in [5.41, 5.74) is -0.857. The van der Waals surface area contributed by atoms with Crippen molar-refractivity contribution >= 4 is 17.6 Å². The molecule has 0 amide bonds. The van der Waals surface area contributed by atoms with Gasteiger partial charge in [0.2, 0.25) is 0 Å². The molecule has 80 valence electrons. The van der Waals surface area contributed by atoms with E-state index in [0.717, 1.165) is 0 Å². The molecule has 2 atom stereocenters. The van der Waals surface area contributed by atoms with Gasteiger partial charge in [-0.1, -0.05) is 30.7 Å². The van der Waals surface area contributed by atoms with Gasteiger partial charge in [-0.3, -0.25) is 4.79 Å². The lowest BCUT2D eigenvalue weighted by molar-refractivity contribution is -0.140. The fourth-order valence-electron chi connectivity index (χ4n) is 2.06. The summed E-state index contributed by atoms with van der Waals surface area (Å²) >= 11 is 5.63. The van der Waals surface area contributed by atoms with Crippen LogP contribution in [0.3, 0.4) is 0 Å². The van der Waals surface area contributed by atoms with Crippen molar-refractivity contribution in [3.63, 3.8) is 0 Å². The minimum absolute atomic E-state index is 0.0211. The Hall–Kier alpha value is -1.09. The monoisotopic (exact) mass is 228 g/mol. The molecule has 2 rings (SSSR count). The van der Waals surface area contributed by atoms with Crippen LogP contribution in [-0.4, -0.2) is 11.1 Å². The zero-order valence-electron chi connectivity index (χ0n) is 8.13. The number of hydrogen-bond donors (Lipinski definition) is 1. The molecular formula is C11H10ClFO2. The zero-order valence-corrected chi connectivity index (χ0v) is 8.88. The first-order valence-electron chi connectivity index (χ1n) is 4.68. The quantitative estimate of drug-likeness (QED) is 0.845. The van der Waals surface area contributed by atoms with Crippen LogP contribution in [0.15, 0.2) is 18.2 Å². The Balaban J connectivity index is 2.55. The maximum atomic E-state index is 13.7. The summed E-state index contributed by atoms with van der Waals surface area (Å²) in [7, 11) is 0. The van der Waals surface area contributed by atoms with Crippen molar-refractivity contribution in [2.75, 3.05) is 0 Å². The lowest BCUT2D eigenvalue weighted by Gasteiger charge is -2.13. The number of carboxylic acids is 1. The molecule has 0 saturated heterocycles. The molecule has 0 spiro atoms. The number of benzene rings is 1. The first-order chi connectivity index (χ1) is 7.00. The van der Waals surface area contributed by atoms with E-state index in [-0.39, 0.29) is 16.5 Å². The van der Waals surface area contributed by atoms with Crippen LogP contribution in [0.2, 0.25) is 5.02 Å². The van der Waals surface area contributed by atoms with E-state index in [1.807, 2.05) is 0 Å². The van der Waals surface area contributed by atoms with Gasteiger partial charge in [-0.2, -0.15) is 0 Å². The van der Waals surface area contributed by atoms with Crippen LogP contribution in [0.4, 0.5) is 4.39 Å². The molecule has 1 saturated carbocycles. The topological polar surface area (TPSA) is 37.3 Å². The Kier molecular flexibility index (Phi) is 2.23. The van der Waals surface area contributed by atoms with Crippen molar-refractivity contribution in [1.29, 1.82) is 0 Å². The van der Waals surface area contributed by atoms with Crippen LogP contribution < -0.4 is 0 Å². The standard InChI is InChI=1S/C11H10ClFO2/c1-6-5-11(6,10(14)15)7-3-2-4-8(12)9(7)13/h2-4,6H,5H2,1H3,(H,14,15). The van der Waals surface area contributed by atoms with E-state index in [2.05, 4.69) is 0 Å². The van der Waals surface area contributed by atoms with Gasteiger partial charge in [0.05, 0.1) is 10.4 Å². The molecule has 15 heavy (non-hydrogen) atoms. The third kappa shape index (κ3) is 1.34. The predicted molar refractivity (Wildman–Crippen MR) is 54.5 cm³/mol. The molecule has 0 heterocycles. The number of carboxylic acid groups (broad SMARTS) is 1. The Bertz CT molecular complexity index is 433. The van der Waals surface area contributed by atoms with Gasteiger partial charge in [0.25, 0.3) is 0 Å². The minimum atomic E-state index is -1.06. The van der Waals surface area contributed by atoms with Crippen molar-refractivity contribution in [1.82, 2.24) is 0 Å². The highest BCUT2D eigenvalue weighted by atomic mass is 35.5. The molecule has 0 aromatic heterocycles. The van der Waals surface area contributed by atoms with Gasteiger partial charge in [-0.25, -0.2) is 4.39 Å². The highest BCUT2D eigenvalue weighted by molar-refractivity contribution is 6.30. The second-order valence-corrected chi connectivity index (χ2v) is 4.39. The SMILES string of the molecule is CC1CC1(C(=O)O)c1cccc(Cl)c1F. The summed E-state index contributed by atoms with van der Waals surface area (Å²) in [5.74, 6) is -1.62. The average molecular weight is 229 g/mol. The Labute approximate surface area is 91.7 Å². The zero-order chi connectivity index (χ0) is 11.2. The lowest BCUT2D eigenvalue weighted by Crippen LogP contribution is -2.23. The molecule has 1 aliphatic carbocycles. The molecule has 1 aliphatic rings. The fraction of sp³-hybridized carbons (Fsp3) is 0.364. The third-order valence-electron chi connectivity index (χ3n) is 3.12. The van der Waals surface area contributed by atoms with Crippen LogP contribution in [0.5, 0.6) is 0 Å². The molecule has 1 N–H and O–H groups in total. The predicted octanol–water partition coefficient (Wildman–Crippen LogP) is 2.84. The molecular weight excluding hydrogens is 219 g/mol. The maximum Gasteiger partial charge on any atom is 0.314 e. The normalized spacial score (nSPS) is 28.9. The van der Waals surface area contributed by atoms with Crippen LogP contribution in [0, 0.1) is 11.7 Å². The van der Waals surface area contributed by atoms with Gasteiger partial charge in [-0.05, 0) is 18.4 Å². The van der Waals surface area contributed by atoms with Crippen LogP contribution in [0.1, 0.15) is 18.9 Å².